The van der Waals surface area contributed by atoms with Crippen LogP contribution in [0.5, 0.6) is 0 Å². The number of hydrogen-bond acceptors (Lipinski definition) is 11. The topological polar surface area (TPSA) is 161 Å². The molecule has 0 radical (unpaired) electrons. The summed E-state index contributed by atoms with van der Waals surface area (Å²) in [6, 6.07) is 7.33. The van der Waals surface area contributed by atoms with Gasteiger partial charge >= 0.3 is 5.97 Å². The van der Waals surface area contributed by atoms with Crippen LogP contribution >= 0.6 is 11.3 Å². The van der Waals surface area contributed by atoms with Gasteiger partial charge in [-0.15, -0.1) is 0 Å². The molecule has 40 heavy (non-hydrogen) atoms. The molecule has 214 valence electrons. The normalized spacial score (nSPS) is 16.1. The van der Waals surface area contributed by atoms with Crippen LogP contribution < -0.4 is 19.8 Å². The van der Waals surface area contributed by atoms with E-state index in [4.69, 9.17) is 9.97 Å². The maximum atomic E-state index is 11.9. The van der Waals surface area contributed by atoms with Gasteiger partial charge < -0.3 is 20.0 Å². The summed E-state index contributed by atoms with van der Waals surface area (Å²) in [5, 5.41) is 23.0. The minimum Gasteiger partial charge on any atom is -0.477 e. The highest BCUT2D eigenvalue weighted by Gasteiger charge is 2.29. The number of aliphatic hydroxyl groups excluding tert-OH is 1. The number of sulfonamides is 1. The molecule has 2 aromatic heterocycles. The first-order chi connectivity index (χ1) is 19.1. The molecule has 0 saturated carbocycles. The zero-order valence-corrected chi connectivity index (χ0v) is 24.1. The Morgan fingerprint density at radius 1 is 1.10 bits per heavy atom. The Hall–Kier alpha value is -3.49. The Bertz CT molecular complexity index is 1490. The molecule has 4 heterocycles. The van der Waals surface area contributed by atoms with Gasteiger partial charge in [-0.1, -0.05) is 23.5 Å². The highest BCUT2D eigenvalue weighted by atomic mass is 32.2. The monoisotopic (exact) mass is 587 g/mol. The van der Waals surface area contributed by atoms with Crippen LogP contribution in [0.4, 0.5) is 28.4 Å². The van der Waals surface area contributed by atoms with Crippen LogP contribution in [-0.2, 0) is 23.0 Å². The quantitative estimate of drug-likeness (QED) is 0.291. The van der Waals surface area contributed by atoms with Crippen LogP contribution in [0, 0.1) is 6.92 Å². The predicted octanol–water partition coefficient (Wildman–Crippen LogP) is 3.36. The number of carbonyl (C=O) groups is 1. The second-order valence-electron chi connectivity index (χ2n) is 9.98. The number of carboxylic acids is 1. The number of benzene rings is 1. The molecule has 1 fully saturated rings. The lowest BCUT2D eigenvalue weighted by Crippen LogP contribution is -2.38. The summed E-state index contributed by atoms with van der Waals surface area (Å²) in [5.41, 5.74) is 2.99. The molecule has 0 amide bonds. The standard InChI is InChI=1S/C26H33N7O5S2/c1-3-40(37,38)31-18-8-6-17(7-9-18)15-33-12-4-5-20-22(32-13-10-19(34)11-14-32)28-25(29-23(20)33)30-26-27-16(2)21(39-26)24(35)36/h6-9,19,31,34H,3-5,10-15H2,1-2H3,(H,35,36)(H,27,28,29,30). The minimum atomic E-state index is -3.35. The van der Waals surface area contributed by atoms with Crippen LogP contribution in [-0.4, -0.2) is 71.0 Å². The first-order valence-corrected chi connectivity index (χ1v) is 15.7. The molecule has 0 atom stereocenters. The highest BCUT2D eigenvalue weighted by Crippen LogP contribution is 2.36. The minimum absolute atomic E-state index is 0.00583. The van der Waals surface area contributed by atoms with Gasteiger partial charge in [-0.25, -0.2) is 18.2 Å². The molecule has 1 saturated heterocycles. The van der Waals surface area contributed by atoms with Crippen molar-refractivity contribution in [2.24, 2.45) is 0 Å². The number of nitrogens with zero attached hydrogens (tertiary/aromatic N) is 5. The number of aromatic nitrogens is 3. The number of rotatable bonds is 9. The largest absolute Gasteiger partial charge is 0.477 e. The maximum Gasteiger partial charge on any atom is 0.347 e. The van der Waals surface area contributed by atoms with Gasteiger partial charge in [0.05, 0.1) is 17.6 Å². The van der Waals surface area contributed by atoms with E-state index in [1.807, 2.05) is 12.1 Å². The molecule has 5 rings (SSSR count). The number of hydrogen-bond donors (Lipinski definition) is 4. The van der Waals surface area contributed by atoms with Crippen LogP contribution in [0.15, 0.2) is 24.3 Å². The summed E-state index contributed by atoms with van der Waals surface area (Å²) in [4.78, 5) is 30.2. The van der Waals surface area contributed by atoms with E-state index in [2.05, 4.69) is 24.8 Å². The second-order valence-corrected chi connectivity index (χ2v) is 13.0. The summed E-state index contributed by atoms with van der Waals surface area (Å²) >= 11 is 1.04. The lowest BCUT2D eigenvalue weighted by atomic mass is 10.0. The zero-order valence-electron chi connectivity index (χ0n) is 22.4. The van der Waals surface area contributed by atoms with Gasteiger partial charge in [0.1, 0.15) is 16.5 Å². The molecule has 0 spiro atoms. The lowest BCUT2D eigenvalue weighted by Gasteiger charge is -2.36. The van der Waals surface area contributed by atoms with Crippen LogP contribution in [0.1, 0.15) is 52.7 Å². The van der Waals surface area contributed by atoms with Crippen molar-refractivity contribution in [1.82, 2.24) is 15.0 Å². The number of anilines is 5. The third kappa shape index (κ3) is 6.29. The number of aryl methyl sites for hydroxylation is 1. The first kappa shape index (κ1) is 28.1. The van der Waals surface area contributed by atoms with E-state index in [0.717, 1.165) is 53.5 Å². The number of carboxylic acid groups (broad SMARTS) is 1. The van der Waals surface area contributed by atoms with Gasteiger partial charge in [-0.05, 0) is 57.2 Å². The number of aromatic carboxylic acids is 1. The van der Waals surface area contributed by atoms with Gasteiger partial charge in [-0.2, -0.15) is 9.97 Å². The Kier molecular flexibility index (Phi) is 8.10. The molecule has 0 unspecified atom stereocenters. The van der Waals surface area contributed by atoms with Gasteiger partial charge in [0, 0.05) is 37.4 Å². The molecule has 1 aromatic carbocycles. The van der Waals surface area contributed by atoms with E-state index in [1.54, 1.807) is 26.0 Å². The summed E-state index contributed by atoms with van der Waals surface area (Å²) in [6.45, 7) is 5.96. The van der Waals surface area contributed by atoms with E-state index in [1.165, 1.54) is 0 Å². The molecule has 12 nitrogen and oxygen atoms in total. The average Bonchev–Trinajstić information content (AvgIpc) is 3.30. The van der Waals surface area contributed by atoms with Crippen molar-refractivity contribution in [1.29, 1.82) is 0 Å². The van der Waals surface area contributed by atoms with Crippen molar-refractivity contribution in [2.75, 3.05) is 45.2 Å². The maximum absolute atomic E-state index is 11.9. The van der Waals surface area contributed by atoms with Crippen LogP contribution in [0.3, 0.4) is 0 Å². The molecular formula is C26H33N7O5S2. The molecule has 4 N–H and O–H groups in total. The molecule has 0 aliphatic carbocycles. The van der Waals surface area contributed by atoms with Gasteiger partial charge in [0.2, 0.25) is 16.0 Å². The van der Waals surface area contributed by atoms with E-state index in [9.17, 15) is 23.4 Å². The van der Waals surface area contributed by atoms with Gasteiger partial charge in [0.15, 0.2) is 5.13 Å². The SMILES string of the molecule is CCS(=O)(=O)Nc1ccc(CN2CCCc3c(N4CCC(O)CC4)nc(Nc4nc(C)c(C(=O)O)s4)nc32)cc1. The molecule has 3 aromatic rings. The number of piperidine rings is 1. The van der Waals surface area contributed by atoms with Crippen molar-refractivity contribution in [3.8, 4) is 0 Å². The predicted molar refractivity (Wildman–Crippen MR) is 155 cm³/mol. The fraction of sp³-hybridized carbons (Fsp3) is 0.462. The van der Waals surface area contributed by atoms with E-state index in [-0.39, 0.29) is 16.7 Å². The second kappa shape index (κ2) is 11.6. The molecule has 14 heteroatoms. The molecule has 2 aliphatic heterocycles. The van der Waals surface area contributed by atoms with Crippen LogP contribution in [0.25, 0.3) is 0 Å². The Morgan fingerprint density at radius 2 is 1.80 bits per heavy atom. The van der Waals surface area contributed by atoms with E-state index in [0.29, 0.717) is 54.9 Å². The smallest absolute Gasteiger partial charge is 0.347 e. The number of fused-ring (bicyclic) bond motifs is 1. The highest BCUT2D eigenvalue weighted by molar-refractivity contribution is 7.92. The number of nitrogens with one attached hydrogen (secondary N) is 2. The van der Waals surface area contributed by atoms with Crippen molar-refractivity contribution in [3.63, 3.8) is 0 Å². The Morgan fingerprint density at radius 3 is 2.45 bits per heavy atom. The zero-order chi connectivity index (χ0) is 28.4. The fourth-order valence-electron chi connectivity index (χ4n) is 4.94. The van der Waals surface area contributed by atoms with E-state index < -0.39 is 16.0 Å². The fourth-order valence-corrected chi connectivity index (χ4v) is 6.38. The first-order valence-electron chi connectivity index (χ1n) is 13.3. The number of aliphatic hydroxyl groups is 1. The third-order valence-electron chi connectivity index (χ3n) is 7.07. The third-order valence-corrected chi connectivity index (χ3v) is 9.44. The van der Waals surface area contributed by atoms with Crippen LogP contribution in [0.2, 0.25) is 0 Å². The molecule has 2 aliphatic rings. The van der Waals surface area contributed by atoms with Gasteiger partial charge in [-0.3, -0.25) is 10.0 Å². The number of thiazole rings is 1. The summed E-state index contributed by atoms with van der Waals surface area (Å²) in [6.07, 6.45) is 2.74. The van der Waals surface area contributed by atoms with Crippen molar-refractivity contribution in [2.45, 2.75) is 52.2 Å². The average molecular weight is 588 g/mol. The lowest BCUT2D eigenvalue weighted by molar-refractivity contribution is 0.0701. The van der Waals surface area contributed by atoms with E-state index >= 15 is 0 Å². The Labute approximate surface area is 237 Å². The Balaban J connectivity index is 1.46. The molecular weight excluding hydrogens is 554 g/mol. The summed E-state index contributed by atoms with van der Waals surface area (Å²) < 4.78 is 26.4. The van der Waals surface area contributed by atoms with Crippen molar-refractivity contribution < 1.29 is 23.4 Å². The molecule has 0 bridgehead atoms. The summed E-state index contributed by atoms with van der Waals surface area (Å²) in [5.74, 6) is 0.933. The van der Waals surface area contributed by atoms with Gasteiger partial charge in [0.25, 0.3) is 0 Å². The summed E-state index contributed by atoms with van der Waals surface area (Å²) in [7, 11) is -3.35. The van der Waals surface area contributed by atoms with Crippen molar-refractivity contribution in [3.05, 3.63) is 46.0 Å². The van der Waals surface area contributed by atoms with Crippen molar-refractivity contribution >= 4 is 55.7 Å².